The predicted octanol–water partition coefficient (Wildman–Crippen LogP) is 2.83. The molecule has 1 aromatic rings. The van der Waals surface area contributed by atoms with Crippen LogP contribution >= 0.6 is 0 Å². The van der Waals surface area contributed by atoms with Gasteiger partial charge in [-0.05, 0) is 46.5 Å². The van der Waals surface area contributed by atoms with Crippen molar-refractivity contribution in [2.24, 2.45) is 5.92 Å². The highest BCUT2D eigenvalue weighted by Gasteiger charge is 2.31. The van der Waals surface area contributed by atoms with Crippen LogP contribution in [-0.2, 0) is 10.0 Å². The maximum Gasteiger partial charge on any atom is 0.245 e. The van der Waals surface area contributed by atoms with E-state index >= 15 is 0 Å². The SMILES string of the molecule is Cc1nn(C(C)C)c(C)c1S(=O)(=O)N[C@H](C#N)C1CCCCC1. The van der Waals surface area contributed by atoms with Crippen LogP contribution in [-0.4, -0.2) is 24.2 Å². The number of sulfonamides is 1. The van der Waals surface area contributed by atoms with Crippen molar-refractivity contribution in [1.29, 1.82) is 5.26 Å². The van der Waals surface area contributed by atoms with Gasteiger partial charge in [0.1, 0.15) is 10.9 Å². The molecule has 0 unspecified atom stereocenters. The van der Waals surface area contributed by atoms with Crippen molar-refractivity contribution in [3.05, 3.63) is 11.4 Å². The minimum Gasteiger partial charge on any atom is -0.266 e. The molecule has 1 saturated carbocycles. The number of nitrogens with zero attached hydrogens (tertiary/aromatic N) is 3. The smallest absolute Gasteiger partial charge is 0.245 e. The second-order valence-electron chi connectivity index (χ2n) is 6.66. The van der Waals surface area contributed by atoms with Gasteiger partial charge >= 0.3 is 0 Å². The molecule has 7 heteroatoms. The van der Waals surface area contributed by atoms with E-state index in [4.69, 9.17) is 0 Å². The van der Waals surface area contributed by atoms with Crippen LogP contribution in [0.2, 0.25) is 0 Å². The summed E-state index contributed by atoms with van der Waals surface area (Å²) >= 11 is 0. The van der Waals surface area contributed by atoms with Crippen LogP contribution in [0.25, 0.3) is 0 Å². The van der Waals surface area contributed by atoms with Gasteiger partial charge in [-0.1, -0.05) is 19.3 Å². The quantitative estimate of drug-likeness (QED) is 0.894. The average Bonchev–Trinajstić information content (AvgIpc) is 2.81. The number of nitrogens with one attached hydrogen (secondary N) is 1. The average molecular weight is 338 g/mol. The zero-order chi connectivity index (χ0) is 17.2. The Kier molecular flexibility index (Phi) is 5.48. The summed E-state index contributed by atoms with van der Waals surface area (Å²) in [4.78, 5) is 0.210. The first kappa shape index (κ1) is 18.0. The number of aromatic nitrogens is 2. The molecule has 128 valence electrons. The lowest BCUT2D eigenvalue weighted by molar-refractivity contribution is 0.324. The van der Waals surface area contributed by atoms with Gasteiger partial charge in [0, 0.05) is 6.04 Å². The third kappa shape index (κ3) is 3.75. The molecule has 2 rings (SSSR count). The highest BCUT2D eigenvalue weighted by atomic mass is 32.2. The van der Waals surface area contributed by atoms with E-state index in [1.807, 2.05) is 13.8 Å². The molecule has 0 aromatic carbocycles. The van der Waals surface area contributed by atoms with Crippen molar-refractivity contribution < 1.29 is 8.42 Å². The molecule has 0 spiro atoms. The Balaban J connectivity index is 2.29. The predicted molar refractivity (Wildman–Crippen MR) is 88.4 cm³/mol. The molecule has 1 heterocycles. The van der Waals surface area contributed by atoms with E-state index in [1.165, 1.54) is 6.42 Å². The van der Waals surface area contributed by atoms with Crippen LogP contribution in [0.15, 0.2) is 4.90 Å². The number of rotatable bonds is 5. The Bertz CT molecular complexity index is 694. The Hall–Kier alpha value is -1.39. The molecule has 23 heavy (non-hydrogen) atoms. The summed E-state index contributed by atoms with van der Waals surface area (Å²) in [5.41, 5.74) is 1.09. The van der Waals surface area contributed by atoms with Gasteiger partial charge in [-0.15, -0.1) is 0 Å². The lowest BCUT2D eigenvalue weighted by Crippen LogP contribution is -2.40. The first-order valence-electron chi connectivity index (χ1n) is 8.25. The third-order valence-electron chi connectivity index (χ3n) is 4.56. The molecule has 1 N–H and O–H groups in total. The molecular weight excluding hydrogens is 312 g/mol. The van der Waals surface area contributed by atoms with Crippen LogP contribution in [0.3, 0.4) is 0 Å². The fraction of sp³-hybridized carbons (Fsp3) is 0.750. The zero-order valence-corrected chi connectivity index (χ0v) is 15.2. The number of nitriles is 1. The lowest BCUT2D eigenvalue weighted by Gasteiger charge is -2.26. The van der Waals surface area contributed by atoms with Gasteiger partial charge in [0.25, 0.3) is 0 Å². The Morgan fingerprint density at radius 2 is 1.87 bits per heavy atom. The van der Waals surface area contributed by atoms with E-state index in [9.17, 15) is 13.7 Å². The van der Waals surface area contributed by atoms with Crippen LogP contribution < -0.4 is 4.72 Å². The summed E-state index contributed by atoms with van der Waals surface area (Å²) in [6.07, 6.45) is 5.11. The first-order valence-corrected chi connectivity index (χ1v) is 9.74. The minimum atomic E-state index is -3.75. The second-order valence-corrected chi connectivity index (χ2v) is 8.32. The van der Waals surface area contributed by atoms with Gasteiger partial charge < -0.3 is 0 Å². The van der Waals surface area contributed by atoms with E-state index < -0.39 is 16.1 Å². The van der Waals surface area contributed by atoms with Crippen LogP contribution in [0.4, 0.5) is 0 Å². The monoisotopic (exact) mass is 338 g/mol. The van der Waals surface area contributed by atoms with E-state index in [0.717, 1.165) is 25.7 Å². The number of hydrogen-bond donors (Lipinski definition) is 1. The summed E-state index contributed by atoms with van der Waals surface area (Å²) in [5, 5.41) is 13.8. The molecule has 1 atom stereocenters. The van der Waals surface area contributed by atoms with Crippen LogP contribution in [0.5, 0.6) is 0 Å². The molecule has 0 radical (unpaired) electrons. The summed E-state index contributed by atoms with van der Waals surface area (Å²) in [6, 6.07) is 1.57. The maximum atomic E-state index is 12.8. The summed E-state index contributed by atoms with van der Waals surface area (Å²) < 4.78 is 29.9. The molecular formula is C16H26N4O2S. The Morgan fingerprint density at radius 3 is 2.35 bits per heavy atom. The topological polar surface area (TPSA) is 87.8 Å². The normalized spacial score (nSPS) is 18.1. The van der Waals surface area contributed by atoms with Crippen molar-refractivity contribution >= 4 is 10.0 Å². The van der Waals surface area contributed by atoms with Gasteiger partial charge in [-0.2, -0.15) is 15.1 Å². The Labute approximate surface area is 138 Å². The molecule has 0 aliphatic heterocycles. The van der Waals surface area contributed by atoms with Gasteiger partial charge in [-0.3, -0.25) is 4.68 Å². The van der Waals surface area contributed by atoms with Crippen LogP contribution in [0.1, 0.15) is 63.4 Å². The zero-order valence-electron chi connectivity index (χ0n) is 14.3. The van der Waals surface area contributed by atoms with Crippen molar-refractivity contribution in [3.63, 3.8) is 0 Å². The van der Waals surface area contributed by atoms with Gasteiger partial charge in [0.15, 0.2) is 0 Å². The summed E-state index contributed by atoms with van der Waals surface area (Å²) in [7, 11) is -3.75. The van der Waals surface area contributed by atoms with Gasteiger partial charge in [0.2, 0.25) is 10.0 Å². The van der Waals surface area contributed by atoms with Gasteiger partial charge in [0.05, 0.1) is 17.5 Å². The van der Waals surface area contributed by atoms with Crippen molar-refractivity contribution in [2.45, 2.75) is 76.8 Å². The standard InChI is InChI=1S/C16H26N4O2S/c1-11(2)20-13(4)16(12(3)18-20)23(21,22)19-15(10-17)14-8-6-5-7-9-14/h11,14-15,19H,5-9H2,1-4H3/t15-/m1/s1. The highest BCUT2D eigenvalue weighted by Crippen LogP contribution is 2.28. The molecule has 1 aliphatic rings. The minimum absolute atomic E-state index is 0.0859. The molecule has 0 bridgehead atoms. The summed E-state index contributed by atoms with van der Waals surface area (Å²) in [5.74, 6) is 0.101. The molecule has 0 amide bonds. The second kappa shape index (κ2) is 7.02. The van der Waals surface area contributed by atoms with E-state index in [2.05, 4.69) is 15.9 Å². The molecule has 1 fully saturated rings. The van der Waals surface area contributed by atoms with Crippen molar-refractivity contribution in [1.82, 2.24) is 14.5 Å². The van der Waals surface area contributed by atoms with Crippen LogP contribution in [0, 0.1) is 31.1 Å². The fourth-order valence-corrected chi connectivity index (χ4v) is 5.07. The van der Waals surface area contributed by atoms with E-state index in [-0.39, 0.29) is 16.9 Å². The molecule has 1 aliphatic carbocycles. The molecule has 6 nitrogen and oxygen atoms in total. The number of hydrogen-bond acceptors (Lipinski definition) is 4. The largest absolute Gasteiger partial charge is 0.266 e. The maximum absolute atomic E-state index is 12.8. The highest BCUT2D eigenvalue weighted by molar-refractivity contribution is 7.89. The molecule has 1 aromatic heterocycles. The first-order chi connectivity index (χ1) is 10.8. The summed E-state index contributed by atoms with van der Waals surface area (Å²) in [6.45, 7) is 7.38. The lowest BCUT2D eigenvalue weighted by atomic mass is 9.85. The Morgan fingerprint density at radius 1 is 1.26 bits per heavy atom. The van der Waals surface area contributed by atoms with E-state index in [1.54, 1.807) is 18.5 Å². The van der Waals surface area contributed by atoms with E-state index in [0.29, 0.717) is 11.4 Å². The van der Waals surface area contributed by atoms with Crippen molar-refractivity contribution in [3.8, 4) is 6.07 Å². The van der Waals surface area contributed by atoms with Crippen molar-refractivity contribution in [2.75, 3.05) is 0 Å². The fourth-order valence-electron chi connectivity index (χ4n) is 3.46. The third-order valence-corrected chi connectivity index (χ3v) is 6.25. The molecule has 0 saturated heterocycles. The van der Waals surface area contributed by atoms with Gasteiger partial charge in [-0.25, -0.2) is 8.42 Å². The number of aryl methyl sites for hydroxylation is 1.